The SMILES string of the molecule is CCC(C)CO[C]=S. The van der Waals surface area contributed by atoms with Gasteiger partial charge in [-0.1, -0.05) is 20.3 Å². The lowest BCUT2D eigenvalue weighted by Crippen LogP contribution is -2.01. The highest BCUT2D eigenvalue weighted by Crippen LogP contribution is 1.98. The zero-order chi connectivity index (χ0) is 6.41. The fraction of sp³-hybridized carbons (Fsp3) is 0.833. The Morgan fingerprint density at radius 3 is 2.75 bits per heavy atom. The van der Waals surface area contributed by atoms with Crippen LogP contribution in [0.1, 0.15) is 20.3 Å². The van der Waals surface area contributed by atoms with Gasteiger partial charge in [0.2, 0.25) is 5.55 Å². The van der Waals surface area contributed by atoms with Gasteiger partial charge in [-0.05, 0) is 18.1 Å². The minimum Gasteiger partial charge on any atom is -0.480 e. The van der Waals surface area contributed by atoms with E-state index >= 15 is 0 Å². The summed E-state index contributed by atoms with van der Waals surface area (Å²) in [6.45, 7) is 4.95. The lowest BCUT2D eigenvalue weighted by Gasteiger charge is -2.03. The molecule has 0 heterocycles. The quantitative estimate of drug-likeness (QED) is 0.539. The van der Waals surface area contributed by atoms with Crippen LogP contribution in [0.4, 0.5) is 0 Å². The molecular weight excluding hydrogens is 120 g/mol. The van der Waals surface area contributed by atoms with Crippen molar-refractivity contribution in [2.45, 2.75) is 20.3 Å². The van der Waals surface area contributed by atoms with E-state index in [9.17, 15) is 0 Å². The number of hydrogen-bond acceptors (Lipinski definition) is 2. The summed E-state index contributed by atoms with van der Waals surface area (Å²) in [5.74, 6) is 0.602. The van der Waals surface area contributed by atoms with E-state index in [1.54, 1.807) is 0 Å². The fourth-order valence-electron chi connectivity index (χ4n) is 0.294. The monoisotopic (exact) mass is 131 g/mol. The minimum atomic E-state index is 0.602. The smallest absolute Gasteiger partial charge is 0.239 e. The molecular formula is C6H11OS. The van der Waals surface area contributed by atoms with Crippen LogP contribution in [0.2, 0.25) is 0 Å². The molecule has 1 nitrogen and oxygen atoms in total. The van der Waals surface area contributed by atoms with Gasteiger partial charge in [0.05, 0.1) is 6.61 Å². The molecule has 0 saturated carbocycles. The number of thiocarbonyl (C=S) groups is 1. The van der Waals surface area contributed by atoms with E-state index in [1.165, 1.54) is 0 Å². The normalized spacial score (nSPS) is 12.8. The van der Waals surface area contributed by atoms with E-state index in [0.717, 1.165) is 6.42 Å². The summed E-state index contributed by atoms with van der Waals surface area (Å²) in [6.07, 6.45) is 1.14. The third-order valence-electron chi connectivity index (χ3n) is 1.12. The Hall–Kier alpha value is -0.110. The number of hydrogen-bond donors (Lipinski definition) is 0. The van der Waals surface area contributed by atoms with Gasteiger partial charge in [0.15, 0.2) is 0 Å². The third-order valence-corrected chi connectivity index (χ3v) is 1.24. The molecule has 0 aliphatic carbocycles. The van der Waals surface area contributed by atoms with Gasteiger partial charge in [0.1, 0.15) is 0 Å². The van der Waals surface area contributed by atoms with Gasteiger partial charge in [-0.25, -0.2) is 0 Å². The first-order valence-corrected chi connectivity index (χ1v) is 3.21. The van der Waals surface area contributed by atoms with Crippen molar-refractivity contribution in [3.63, 3.8) is 0 Å². The summed E-state index contributed by atoms with van der Waals surface area (Å²) < 4.78 is 4.75. The maximum absolute atomic E-state index is 4.75. The van der Waals surface area contributed by atoms with Crippen LogP contribution in [-0.2, 0) is 4.74 Å². The van der Waals surface area contributed by atoms with Crippen LogP contribution >= 0.6 is 12.2 Å². The van der Waals surface area contributed by atoms with E-state index < -0.39 is 0 Å². The standard InChI is InChI=1S/C6H11OS/c1-3-6(2)4-7-5-8/h6H,3-4H2,1-2H3. The van der Waals surface area contributed by atoms with Gasteiger partial charge in [0.25, 0.3) is 0 Å². The minimum absolute atomic E-state index is 0.602. The highest BCUT2D eigenvalue weighted by molar-refractivity contribution is 7.78. The molecule has 2 heteroatoms. The second-order valence-electron chi connectivity index (χ2n) is 1.91. The van der Waals surface area contributed by atoms with E-state index in [1.807, 2.05) is 0 Å². The lowest BCUT2D eigenvalue weighted by atomic mass is 10.1. The molecule has 0 aromatic carbocycles. The predicted octanol–water partition coefficient (Wildman–Crippen LogP) is 1.88. The molecule has 0 aromatic rings. The van der Waals surface area contributed by atoms with Crippen molar-refractivity contribution in [2.75, 3.05) is 6.61 Å². The predicted molar refractivity (Wildman–Crippen MR) is 38.0 cm³/mol. The molecule has 0 fully saturated rings. The second-order valence-corrected chi connectivity index (χ2v) is 2.07. The van der Waals surface area contributed by atoms with Crippen LogP contribution in [0, 0.1) is 5.92 Å². The van der Waals surface area contributed by atoms with Gasteiger partial charge < -0.3 is 4.74 Å². The van der Waals surface area contributed by atoms with Crippen molar-refractivity contribution in [1.82, 2.24) is 0 Å². The van der Waals surface area contributed by atoms with E-state index in [2.05, 4.69) is 31.6 Å². The molecule has 0 saturated heterocycles. The fourth-order valence-corrected chi connectivity index (χ4v) is 0.362. The summed E-state index contributed by atoms with van der Waals surface area (Å²) in [5.41, 5.74) is 2.22. The van der Waals surface area contributed by atoms with Crippen molar-refractivity contribution < 1.29 is 4.74 Å². The molecule has 1 atom stereocenters. The van der Waals surface area contributed by atoms with E-state index in [4.69, 9.17) is 4.74 Å². The maximum atomic E-state index is 4.75. The zero-order valence-electron chi connectivity index (χ0n) is 5.31. The average Bonchev–Trinajstić information content (AvgIpc) is 1.83. The summed E-state index contributed by atoms with van der Waals surface area (Å²) in [7, 11) is 0. The van der Waals surface area contributed by atoms with Crippen LogP contribution in [0.25, 0.3) is 0 Å². The highest BCUT2D eigenvalue weighted by Gasteiger charge is 1.95. The Bertz CT molecular complexity index is 63.5. The summed E-state index contributed by atoms with van der Waals surface area (Å²) in [6, 6.07) is 0. The Morgan fingerprint density at radius 1 is 1.75 bits per heavy atom. The third kappa shape index (κ3) is 4.06. The summed E-state index contributed by atoms with van der Waals surface area (Å²) in [4.78, 5) is 0. The van der Waals surface area contributed by atoms with Crippen molar-refractivity contribution >= 4 is 17.8 Å². The second kappa shape index (κ2) is 5.04. The van der Waals surface area contributed by atoms with Crippen LogP contribution in [0.15, 0.2) is 0 Å². The van der Waals surface area contributed by atoms with Crippen molar-refractivity contribution in [3.05, 3.63) is 0 Å². The molecule has 0 N–H and O–H groups in total. The molecule has 1 radical (unpaired) electrons. The molecule has 0 rings (SSSR count). The topological polar surface area (TPSA) is 9.23 Å². The van der Waals surface area contributed by atoms with Gasteiger partial charge in [-0.3, -0.25) is 0 Å². The van der Waals surface area contributed by atoms with Crippen LogP contribution < -0.4 is 0 Å². The molecule has 0 aliphatic rings. The number of ether oxygens (including phenoxy) is 1. The van der Waals surface area contributed by atoms with Crippen molar-refractivity contribution in [3.8, 4) is 0 Å². The summed E-state index contributed by atoms with van der Waals surface area (Å²) >= 11 is 4.35. The Kier molecular flexibility index (Phi) is 4.97. The summed E-state index contributed by atoms with van der Waals surface area (Å²) in [5, 5.41) is 0. The molecule has 0 aliphatic heterocycles. The Morgan fingerprint density at radius 2 is 2.38 bits per heavy atom. The largest absolute Gasteiger partial charge is 0.480 e. The van der Waals surface area contributed by atoms with Gasteiger partial charge >= 0.3 is 0 Å². The molecule has 47 valence electrons. The molecule has 8 heavy (non-hydrogen) atoms. The first kappa shape index (κ1) is 7.89. The maximum Gasteiger partial charge on any atom is 0.239 e. The first-order chi connectivity index (χ1) is 3.81. The highest BCUT2D eigenvalue weighted by atomic mass is 32.1. The van der Waals surface area contributed by atoms with E-state index in [-0.39, 0.29) is 0 Å². The van der Waals surface area contributed by atoms with Crippen LogP contribution in [-0.4, -0.2) is 12.2 Å². The zero-order valence-corrected chi connectivity index (χ0v) is 6.12. The Labute approximate surface area is 56.0 Å². The molecule has 0 spiro atoms. The van der Waals surface area contributed by atoms with Gasteiger partial charge in [0, 0.05) is 0 Å². The number of rotatable bonds is 4. The Balaban J connectivity index is 2.97. The van der Waals surface area contributed by atoms with Gasteiger partial charge in [-0.15, -0.1) is 0 Å². The molecule has 0 bridgehead atoms. The molecule has 1 unspecified atom stereocenters. The lowest BCUT2D eigenvalue weighted by molar-refractivity contribution is 0.261. The average molecular weight is 131 g/mol. The molecule has 0 aromatic heterocycles. The van der Waals surface area contributed by atoms with Gasteiger partial charge in [-0.2, -0.15) is 0 Å². The molecule has 0 amide bonds. The first-order valence-electron chi connectivity index (χ1n) is 2.80. The van der Waals surface area contributed by atoms with Crippen LogP contribution in [0.3, 0.4) is 0 Å². The van der Waals surface area contributed by atoms with E-state index in [0.29, 0.717) is 12.5 Å². The van der Waals surface area contributed by atoms with Crippen molar-refractivity contribution in [1.29, 1.82) is 0 Å². The van der Waals surface area contributed by atoms with Crippen molar-refractivity contribution in [2.24, 2.45) is 5.92 Å². The van der Waals surface area contributed by atoms with Crippen LogP contribution in [0.5, 0.6) is 0 Å².